The summed E-state index contributed by atoms with van der Waals surface area (Å²) in [5.74, 6) is -0.988. The summed E-state index contributed by atoms with van der Waals surface area (Å²) >= 11 is 0. The first-order chi connectivity index (χ1) is 15.4. The molecule has 1 heterocycles. The van der Waals surface area contributed by atoms with Crippen LogP contribution in [-0.2, 0) is 11.3 Å². The maximum atomic E-state index is 13.8. The zero-order valence-corrected chi connectivity index (χ0v) is 17.6. The summed E-state index contributed by atoms with van der Waals surface area (Å²) in [7, 11) is 1.53. The van der Waals surface area contributed by atoms with Crippen molar-refractivity contribution in [3.05, 3.63) is 70.3 Å². The van der Waals surface area contributed by atoms with Crippen molar-refractivity contribution in [3.8, 4) is 5.75 Å². The van der Waals surface area contributed by atoms with Crippen LogP contribution in [0.3, 0.4) is 0 Å². The van der Waals surface area contributed by atoms with Crippen molar-refractivity contribution in [1.29, 1.82) is 0 Å². The van der Waals surface area contributed by atoms with Crippen molar-refractivity contribution in [1.82, 2.24) is 10.0 Å². The van der Waals surface area contributed by atoms with Crippen LogP contribution in [0.15, 0.2) is 53.5 Å². The average Bonchev–Trinajstić information content (AvgIpc) is 2.80. The summed E-state index contributed by atoms with van der Waals surface area (Å²) in [6.07, 6.45) is 3.59. The molecule has 0 spiro atoms. The van der Waals surface area contributed by atoms with Gasteiger partial charge in [0.1, 0.15) is 17.1 Å². The molecule has 0 unspecified atom stereocenters. The number of anilines is 1. The van der Waals surface area contributed by atoms with Crippen LogP contribution in [-0.4, -0.2) is 28.7 Å². The first-order valence-electron chi connectivity index (χ1n) is 10.1. The van der Waals surface area contributed by atoms with E-state index in [1.807, 2.05) is 0 Å². The molecule has 0 aliphatic rings. The number of halogens is 1. The van der Waals surface area contributed by atoms with E-state index < -0.39 is 23.1 Å². The van der Waals surface area contributed by atoms with Gasteiger partial charge in [-0.05, 0) is 55.3 Å². The second kappa shape index (κ2) is 10.5. The van der Waals surface area contributed by atoms with Gasteiger partial charge in [-0.25, -0.2) is 9.87 Å². The normalized spacial score (nSPS) is 10.7. The number of pyridine rings is 1. The lowest BCUT2D eigenvalue weighted by atomic mass is 10.1. The zero-order chi connectivity index (χ0) is 23.1. The van der Waals surface area contributed by atoms with Gasteiger partial charge < -0.3 is 14.6 Å². The van der Waals surface area contributed by atoms with Crippen LogP contribution in [0.4, 0.5) is 10.1 Å². The molecule has 0 fully saturated rings. The van der Waals surface area contributed by atoms with Crippen LogP contribution in [0.5, 0.6) is 5.75 Å². The molecule has 0 bridgehead atoms. The molecule has 0 radical (unpaired) electrons. The van der Waals surface area contributed by atoms with Gasteiger partial charge in [0.2, 0.25) is 11.3 Å². The van der Waals surface area contributed by atoms with E-state index in [9.17, 15) is 18.8 Å². The van der Waals surface area contributed by atoms with Gasteiger partial charge in [-0.2, -0.15) is 0 Å². The third-order valence-electron chi connectivity index (χ3n) is 5.06. The first kappa shape index (κ1) is 23.0. The molecular weight excluding hydrogens is 417 g/mol. The average molecular weight is 441 g/mol. The van der Waals surface area contributed by atoms with E-state index in [-0.39, 0.29) is 17.4 Å². The number of hydrogen-bond acceptors (Lipinski definition) is 5. The minimum absolute atomic E-state index is 0.0985. The second-order valence-corrected chi connectivity index (χ2v) is 7.26. The van der Waals surface area contributed by atoms with Crippen LogP contribution in [0.2, 0.25) is 0 Å². The van der Waals surface area contributed by atoms with Crippen molar-refractivity contribution in [3.63, 3.8) is 0 Å². The number of benzene rings is 2. The van der Waals surface area contributed by atoms with Gasteiger partial charge in [-0.15, -0.1) is 0 Å². The highest BCUT2D eigenvalue weighted by Crippen LogP contribution is 2.18. The van der Waals surface area contributed by atoms with E-state index >= 15 is 0 Å². The Kier molecular flexibility index (Phi) is 7.56. The van der Waals surface area contributed by atoms with Crippen LogP contribution in [0.1, 0.15) is 36.0 Å². The van der Waals surface area contributed by atoms with E-state index in [2.05, 4.69) is 5.32 Å². The number of ether oxygens (including phenoxy) is 1. The van der Waals surface area contributed by atoms with Crippen molar-refractivity contribution in [2.75, 3.05) is 12.4 Å². The zero-order valence-electron chi connectivity index (χ0n) is 17.6. The van der Waals surface area contributed by atoms with Gasteiger partial charge in [0.05, 0.1) is 12.6 Å². The maximum absolute atomic E-state index is 13.8. The molecule has 3 aromatic rings. The second-order valence-electron chi connectivity index (χ2n) is 7.26. The van der Waals surface area contributed by atoms with Crippen LogP contribution < -0.4 is 21.0 Å². The van der Waals surface area contributed by atoms with Gasteiger partial charge in [-0.3, -0.25) is 19.6 Å². The molecule has 2 aromatic carbocycles. The molecule has 2 amide bonds. The molecule has 32 heavy (non-hydrogen) atoms. The lowest BCUT2D eigenvalue weighted by Crippen LogP contribution is -2.24. The van der Waals surface area contributed by atoms with Crippen molar-refractivity contribution in [2.45, 2.75) is 32.2 Å². The minimum Gasteiger partial charge on any atom is -0.497 e. The van der Waals surface area contributed by atoms with E-state index in [0.29, 0.717) is 42.8 Å². The topological polar surface area (TPSA) is 110 Å². The molecule has 8 nitrogen and oxygen atoms in total. The fourth-order valence-corrected chi connectivity index (χ4v) is 3.39. The van der Waals surface area contributed by atoms with Gasteiger partial charge >= 0.3 is 0 Å². The van der Waals surface area contributed by atoms with Gasteiger partial charge in [0, 0.05) is 30.2 Å². The molecule has 0 saturated heterocycles. The van der Waals surface area contributed by atoms with Crippen molar-refractivity contribution >= 4 is 28.4 Å². The molecule has 1 aromatic heterocycles. The third-order valence-corrected chi connectivity index (χ3v) is 5.06. The molecule has 9 heteroatoms. The Morgan fingerprint density at radius 2 is 1.84 bits per heavy atom. The quantitative estimate of drug-likeness (QED) is 0.268. The molecule has 0 aliphatic carbocycles. The smallest absolute Gasteiger partial charge is 0.261 e. The summed E-state index contributed by atoms with van der Waals surface area (Å²) in [5.41, 5.74) is 1.94. The third kappa shape index (κ3) is 5.50. The number of fused-ring (bicyclic) bond motifs is 1. The Bertz CT molecular complexity index is 1170. The predicted molar refractivity (Wildman–Crippen MR) is 118 cm³/mol. The number of hydrogen-bond donors (Lipinski definition) is 3. The number of aromatic nitrogens is 1. The standard InChI is InChI=1S/C23H24FN3O5/c1-32-17-9-7-16(8-10-17)25-23(30)19-14-27(12-4-2-3-5-21(28)26-31)20-11-6-15(24)13-18(20)22(19)29/h6-11,13-14,31H,2-5,12H2,1H3,(H,25,30)(H,26,28). The lowest BCUT2D eigenvalue weighted by Gasteiger charge is -2.14. The number of carbonyl (C=O) groups is 2. The number of rotatable bonds is 9. The molecule has 0 saturated carbocycles. The molecule has 0 atom stereocenters. The summed E-state index contributed by atoms with van der Waals surface area (Å²) in [5, 5.41) is 11.3. The fourth-order valence-electron chi connectivity index (χ4n) is 3.39. The summed E-state index contributed by atoms with van der Waals surface area (Å²) in [4.78, 5) is 36.9. The van der Waals surface area contributed by atoms with E-state index in [1.165, 1.54) is 25.4 Å². The summed E-state index contributed by atoms with van der Waals surface area (Å²) in [6, 6.07) is 10.6. The number of nitrogens with zero attached hydrogens (tertiary/aromatic N) is 1. The number of aryl methyl sites for hydroxylation is 1. The highest BCUT2D eigenvalue weighted by molar-refractivity contribution is 6.05. The Labute approximate surface area is 183 Å². The molecule has 0 aliphatic heterocycles. The Hall–Kier alpha value is -3.72. The van der Waals surface area contributed by atoms with Crippen LogP contribution in [0, 0.1) is 5.82 Å². The number of unbranched alkanes of at least 4 members (excludes halogenated alkanes) is 2. The molecule has 3 N–H and O–H groups in total. The first-order valence-corrected chi connectivity index (χ1v) is 10.1. The number of hydroxylamine groups is 1. The summed E-state index contributed by atoms with van der Waals surface area (Å²) in [6.45, 7) is 0.464. The number of nitrogens with one attached hydrogen (secondary N) is 2. The van der Waals surface area contributed by atoms with Crippen LogP contribution in [0.25, 0.3) is 10.9 Å². The SMILES string of the molecule is COc1ccc(NC(=O)c2cn(CCCCCC(=O)NO)c3ccc(F)cc3c2=O)cc1. The highest BCUT2D eigenvalue weighted by Gasteiger charge is 2.16. The van der Waals surface area contributed by atoms with Gasteiger partial charge in [-0.1, -0.05) is 6.42 Å². The summed E-state index contributed by atoms with van der Waals surface area (Å²) < 4.78 is 20.7. The minimum atomic E-state index is -0.598. The molecular formula is C23H24FN3O5. The lowest BCUT2D eigenvalue weighted by molar-refractivity contribution is -0.129. The molecule has 168 valence electrons. The van der Waals surface area contributed by atoms with Crippen molar-refractivity contribution in [2.24, 2.45) is 0 Å². The van der Waals surface area contributed by atoms with Crippen LogP contribution >= 0.6 is 0 Å². The predicted octanol–water partition coefficient (Wildman–Crippen LogP) is 3.47. The monoisotopic (exact) mass is 441 g/mol. The van der Waals surface area contributed by atoms with Gasteiger partial charge in [0.25, 0.3) is 5.91 Å². The number of carbonyl (C=O) groups excluding carboxylic acids is 2. The Morgan fingerprint density at radius 3 is 2.53 bits per heavy atom. The van der Waals surface area contributed by atoms with E-state index in [4.69, 9.17) is 9.94 Å². The molecule has 3 rings (SSSR count). The highest BCUT2D eigenvalue weighted by atomic mass is 19.1. The number of amides is 2. The Balaban J connectivity index is 1.85. The maximum Gasteiger partial charge on any atom is 0.261 e. The number of methoxy groups -OCH3 is 1. The van der Waals surface area contributed by atoms with E-state index in [0.717, 1.165) is 6.07 Å². The largest absolute Gasteiger partial charge is 0.497 e. The Morgan fingerprint density at radius 1 is 1.09 bits per heavy atom. The van der Waals surface area contributed by atoms with Crippen molar-refractivity contribution < 1.29 is 23.9 Å². The van der Waals surface area contributed by atoms with Gasteiger partial charge in [0.15, 0.2) is 0 Å². The van der Waals surface area contributed by atoms with E-state index in [1.54, 1.807) is 34.3 Å². The fraction of sp³-hybridized carbons (Fsp3) is 0.261.